The van der Waals surface area contributed by atoms with E-state index in [9.17, 15) is 4.79 Å². The van der Waals surface area contributed by atoms with Gasteiger partial charge in [0, 0.05) is 10.9 Å². The second-order valence-electron chi connectivity index (χ2n) is 6.58. The zero-order chi connectivity index (χ0) is 17.5. The summed E-state index contributed by atoms with van der Waals surface area (Å²) >= 11 is 3.29. The summed E-state index contributed by atoms with van der Waals surface area (Å²) in [6.07, 6.45) is 7.30. The molecule has 0 aliphatic heterocycles. The molecule has 132 valence electrons. The molecule has 7 heteroatoms. The molecule has 0 saturated carbocycles. The first-order chi connectivity index (χ1) is 12.8. The van der Waals surface area contributed by atoms with Gasteiger partial charge in [0.15, 0.2) is 5.76 Å². The first-order valence-corrected chi connectivity index (χ1v) is 10.5. The second-order valence-corrected chi connectivity index (χ2v) is 8.61. The van der Waals surface area contributed by atoms with Crippen molar-refractivity contribution in [1.82, 2.24) is 14.7 Å². The van der Waals surface area contributed by atoms with E-state index in [2.05, 4.69) is 10.1 Å². The van der Waals surface area contributed by atoms with Crippen LogP contribution in [-0.2, 0) is 19.4 Å². The first-order valence-electron chi connectivity index (χ1n) is 8.79. The molecule has 0 unspecified atom stereocenters. The van der Waals surface area contributed by atoms with Crippen LogP contribution in [0.2, 0.25) is 0 Å². The fraction of sp³-hybridized carbons (Fsp3) is 0.316. The molecule has 5 rings (SSSR count). The van der Waals surface area contributed by atoms with Crippen molar-refractivity contribution < 1.29 is 4.52 Å². The maximum atomic E-state index is 13.1. The average Bonchev–Trinajstić information content (AvgIpc) is 3.35. The van der Waals surface area contributed by atoms with E-state index >= 15 is 0 Å². The van der Waals surface area contributed by atoms with Gasteiger partial charge in [-0.05, 0) is 42.7 Å². The molecule has 0 aromatic carbocycles. The molecule has 26 heavy (non-hydrogen) atoms. The minimum absolute atomic E-state index is 0.0371. The standard InChI is InChI=1S/C19H17N3O2S2/c23-19-17-13-5-2-1-3-6-15(13)26-18(17)20-11-22(19)10-12-9-14(24-21-12)16-7-4-8-25-16/h4,7-9,11H,1-3,5-6,10H2. The summed E-state index contributed by atoms with van der Waals surface area (Å²) in [7, 11) is 0. The summed E-state index contributed by atoms with van der Waals surface area (Å²) in [4.78, 5) is 20.9. The summed E-state index contributed by atoms with van der Waals surface area (Å²) in [6.45, 7) is 0.376. The molecule has 4 heterocycles. The minimum atomic E-state index is 0.0371. The average molecular weight is 383 g/mol. The van der Waals surface area contributed by atoms with Crippen molar-refractivity contribution in [3.63, 3.8) is 0 Å². The van der Waals surface area contributed by atoms with Crippen molar-refractivity contribution in [2.75, 3.05) is 0 Å². The topological polar surface area (TPSA) is 60.9 Å². The predicted octanol–water partition coefficient (Wildman–Crippen LogP) is 4.49. The maximum absolute atomic E-state index is 13.1. The predicted molar refractivity (Wildman–Crippen MR) is 104 cm³/mol. The van der Waals surface area contributed by atoms with Gasteiger partial charge in [0.05, 0.1) is 23.1 Å². The molecule has 4 aromatic rings. The van der Waals surface area contributed by atoms with E-state index in [-0.39, 0.29) is 5.56 Å². The molecular weight excluding hydrogens is 366 g/mol. The SMILES string of the molecule is O=c1c2c3c(sc2ncn1Cc1cc(-c2cccs2)on1)CCCCC3. The van der Waals surface area contributed by atoms with Gasteiger partial charge in [0.1, 0.15) is 10.5 Å². The van der Waals surface area contributed by atoms with Crippen LogP contribution in [0, 0.1) is 0 Å². The Morgan fingerprint density at radius 3 is 3.04 bits per heavy atom. The molecule has 4 aromatic heterocycles. The van der Waals surface area contributed by atoms with E-state index in [1.807, 2.05) is 23.6 Å². The number of thiophene rings is 2. The van der Waals surface area contributed by atoms with Crippen molar-refractivity contribution in [2.45, 2.75) is 38.6 Å². The van der Waals surface area contributed by atoms with Crippen LogP contribution in [-0.4, -0.2) is 14.7 Å². The van der Waals surface area contributed by atoms with Gasteiger partial charge < -0.3 is 4.52 Å². The minimum Gasteiger partial charge on any atom is -0.355 e. The molecule has 1 aliphatic rings. The summed E-state index contributed by atoms with van der Waals surface area (Å²) in [5, 5.41) is 6.94. The quantitative estimate of drug-likeness (QED) is 0.489. The van der Waals surface area contributed by atoms with Crippen molar-refractivity contribution in [3.8, 4) is 10.6 Å². The lowest BCUT2D eigenvalue weighted by atomic mass is 10.1. The number of fused-ring (bicyclic) bond motifs is 3. The lowest BCUT2D eigenvalue weighted by Gasteiger charge is -2.03. The molecule has 0 fully saturated rings. The van der Waals surface area contributed by atoms with Crippen LogP contribution in [0.15, 0.2) is 39.2 Å². The zero-order valence-electron chi connectivity index (χ0n) is 14.1. The van der Waals surface area contributed by atoms with Crippen molar-refractivity contribution in [1.29, 1.82) is 0 Å². The molecule has 0 radical (unpaired) electrons. The fourth-order valence-corrected chi connectivity index (χ4v) is 5.46. The van der Waals surface area contributed by atoms with Gasteiger partial charge >= 0.3 is 0 Å². The molecule has 0 saturated heterocycles. The number of rotatable bonds is 3. The van der Waals surface area contributed by atoms with Crippen LogP contribution in [0.1, 0.15) is 35.4 Å². The Morgan fingerprint density at radius 1 is 1.23 bits per heavy atom. The molecular formula is C19H17N3O2S2. The zero-order valence-corrected chi connectivity index (χ0v) is 15.7. The molecule has 0 amide bonds. The lowest BCUT2D eigenvalue weighted by molar-refractivity contribution is 0.421. The highest BCUT2D eigenvalue weighted by atomic mass is 32.1. The molecule has 0 bridgehead atoms. The van der Waals surface area contributed by atoms with Gasteiger partial charge in [-0.2, -0.15) is 0 Å². The van der Waals surface area contributed by atoms with Crippen LogP contribution < -0.4 is 5.56 Å². The number of aromatic nitrogens is 3. The molecule has 1 aliphatic carbocycles. The highest BCUT2D eigenvalue weighted by molar-refractivity contribution is 7.18. The highest BCUT2D eigenvalue weighted by Gasteiger charge is 2.19. The summed E-state index contributed by atoms with van der Waals surface area (Å²) < 4.78 is 7.08. The Bertz CT molecular complexity index is 1120. The number of hydrogen-bond acceptors (Lipinski definition) is 6. The van der Waals surface area contributed by atoms with Crippen molar-refractivity contribution in [2.24, 2.45) is 0 Å². The van der Waals surface area contributed by atoms with E-state index in [4.69, 9.17) is 4.52 Å². The molecule has 5 nitrogen and oxygen atoms in total. The fourth-order valence-electron chi connectivity index (χ4n) is 3.57. The maximum Gasteiger partial charge on any atom is 0.262 e. The van der Waals surface area contributed by atoms with Gasteiger partial charge in [0.2, 0.25) is 0 Å². The van der Waals surface area contributed by atoms with Gasteiger partial charge in [-0.1, -0.05) is 17.6 Å². The van der Waals surface area contributed by atoms with E-state index in [0.29, 0.717) is 6.54 Å². The Kier molecular flexibility index (Phi) is 3.98. The van der Waals surface area contributed by atoms with Crippen LogP contribution in [0.5, 0.6) is 0 Å². The first kappa shape index (κ1) is 16.0. The van der Waals surface area contributed by atoms with Crippen LogP contribution in [0.3, 0.4) is 0 Å². The van der Waals surface area contributed by atoms with Gasteiger partial charge in [-0.25, -0.2) is 4.98 Å². The summed E-state index contributed by atoms with van der Waals surface area (Å²) in [5.74, 6) is 0.737. The summed E-state index contributed by atoms with van der Waals surface area (Å²) in [5.41, 5.74) is 2.00. The van der Waals surface area contributed by atoms with Crippen LogP contribution >= 0.6 is 22.7 Å². The van der Waals surface area contributed by atoms with E-state index < -0.39 is 0 Å². The van der Waals surface area contributed by atoms with E-state index in [1.165, 1.54) is 23.3 Å². The van der Waals surface area contributed by atoms with E-state index in [1.54, 1.807) is 33.6 Å². The summed E-state index contributed by atoms with van der Waals surface area (Å²) in [6, 6.07) is 5.87. The molecule has 0 N–H and O–H groups in total. The largest absolute Gasteiger partial charge is 0.355 e. The van der Waals surface area contributed by atoms with Crippen molar-refractivity contribution in [3.05, 3.63) is 56.4 Å². The van der Waals surface area contributed by atoms with Crippen molar-refractivity contribution >= 4 is 32.9 Å². The number of aryl methyl sites for hydroxylation is 2. The Labute approximate surface area is 157 Å². The smallest absolute Gasteiger partial charge is 0.262 e. The molecule has 0 atom stereocenters. The monoisotopic (exact) mass is 383 g/mol. The third kappa shape index (κ3) is 2.71. The third-order valence-corrected chi connectivity index (χ3v) is 6.93. The van der Waals surface area contributed by atoms with Crippen LogP contribution in [0.4, 0.5) is 0 Å². The molecule has 0 spiro atoms. The highest BCUT2D eigenvalue weighted by Crippen LogP contribution is 2.32. The third-order valence-electron chi connectivity index (χ3n) is 4.85. The van der Waals surface area contributed by atoms with E-state index in [0.717, 1.165) is 45.8 Å². The second kappa shape index (κ2) is 6.48. The number of nitrogens with zero attached hydrogens (tertiary/aromatic N) is 3. The lowest BCUT2D eigenvalue weighted by Crippen LogP contribution is -2.21. The van der Waals surface area contributed by atoms with Gasteiger partial charge in [0.25, 0.3) is 5.56 Å². The van der Waals surface area contributed by atoms with Crippen LogP contribution in [0.25, 0.3) is 20.9 Å². The normalized spacial score (nSPS) is 14.5. The van der Waals surface area contributed by atoms with Gasteiger partial charge in [-0.15, -0.1) is 22.7 Å². The Hall–Kier alpha value is -2.25. The van der Waals surface area contributed by atoms with Gasteiger partial charge in [-0.3, -0.25) is 9.36 Å². The Morgan fingerprint density at radius 2 is 2.15 bits per heavy atom. The Balaban J connectivity index is 1.52. The number of hydrogen-bond donors (Lipinski definition) is 0.